The third-order valence-electron chi connectivity index (χ3n) is 2.99. The van der Waals surface area contributed by atoms with Gasteiger partial charge in [-0.15, -0.1) is 0 Å². The van der Waals surface area contributed by atoms with Crippen LogP contribution in [0.1, 0.15) is 17.2 Å². The number of pyridine rings is 1. The Labute approximate surface area is 143 Å². The number of benzene rings is 1. The highest BCUT2D eigenvalue weighted by molar-refractivity contribution is 6.32. The fourth-order valence-electron chi connectivity index (χ4n) is 1.98. The van der Waals surface area contributed by atoms with Crippen LogP contribution in [0.3, 0.4) is 0 Å². The van der Waals surface area contributed by atoms with Gasteiger partial charge >= 0.3 is 5.97 Å². The smallest absolute Gasteiger partial charge is 0.327 e. The highest BCUT2D eigenvalue weighted by Gasteiger charge is 2.23. The van der Waals surface area contributed by atoms with E-state index in [9.17, 15) is 4.79 Å². The third kappa shape index (κ3) is 4.34. The lowest BCUT2D eigenvalue weighted by Gasteiger charge is -2.18. The molecule has 1 aromatic heterocycles. The second kappa shape index (κ2) is 7.79. The molecule has 0 saturated heterocycles. The Hall–Kier alpha value is -1.33. The molecule has 2 aromatic rings. The van der Waals surface area contributed by atoms with Crippen molar-refractivity contribution in [3.63, 3.8) is 0 Å². The van der Waals surface area contributed by atoms with Crippen LogP contribution in [0.25, 0.3) is 0 Å². The van der Waals surface area contributed by atoms with Gasteiger partial charge < -0.3 is 4.74 Å². The molecule has 116 valence electrons. The van der Waals surface area contributed by atoms with Crippen molar-refractivity contribution in [3.8, 4) is 0 Å². The molecule has 1 N–H and O–H groups in total. The molecule has 0 spiro atoms. The highest BCUT2D eigenvalue weighted by atomic mass is 35.5. The van der Waals surface area contributed by atoms with E-state index >= 15 is 0 Å². The number of halogens is 3. The number of carbonyl (C=O) groups is 1. The minimum absolute atomic E-state index is 0.289. The molecule has 0 fully saturated rings. The molecule has 7 heteroatoms. The van der Waals surface area contributed by atoms with Crippen LogP contribution in [0.2, 0.25) is 15.3 Å². The molecule has 4 nitrogen and oxygen atoms in total. The van der Waals surface area contributed by atoms with Crippen LogP contribution in [0.4, 0.5) is 0 Å². The van der Waals surface area contributed by atoms with Gasteiger partial charge in [0.2, 0.25) is 0 Å². The summed E-state index contributed by atoms with van der Waals surface area (Å²) in [7, 11) is 1.33. The van der Waals surface area contributed by atoms with Gasteiger partial charge in [-0.3, -0.25) is 5.32 Å². The van der Waals surface area contributed by atoms with E-state index < -0.39 is 12.0 Å². The second-order valence-electron chi connectivity index (χ2n) is 4.48. The SMILES string of the molecule is COC(=O)C(NCc1cc(Cl)nc(Cl)c1)c1ccccc1Cl. The molecule has 0 aliphatic carbocycles. The molecule has 0 saturated carbocycles. The fraction of sp³-hybridized carbons (Fsp3) is 0.200. The lowest BCUT2D eigenvalue weighted by molar-refractivity contribution is -0.143. The maximum absolute atomic E-state index is 12.0. The van der Waals surface area contributed by atoms with Gasteiger partial charge in [0.1, 0.15) is 16.3 Å². The largest absolute Gasteiger partial charge is 0.468 e. The van der Waals surface area contributed by atoms with Crippen LogP contribution >= 0.6 is 34.8 Å². The molecular weight excluding hydrogens is 347 g/mol. The predicted octanol–water partition coefficient (Wildman–Crippen LogP) is 4.05. The quantitative estimate of drug-likeness (QED) is 0.646. The Morgan fingerprint density at radius 2 is 1.86 bits per heavy atom. The van der Waals surface area contributed by atoms with Crippen molar-refractivity contribution >= 4 is 40.8 Å². The van der Waals surface area contributed by atoms with Crippen molar-refractivity contribution in [2.45, 2.75) is 12.6 Å². The molecule has 22 heavy (non-hydrogen) atoms. The standard InChI is InChI=1S/C15H13Cl3N2O2/c1-22-15(21)14(10-4-2-3-5-11(10)16)19-8-9-6-12(17)20-13(18)7-9/h2-7,14,19H,8H2,1H3. The number of nitrogens with zero attached hydrogens (tertiary/aromatic N) is 1. The number of hydrogen-bond donors (Lipinski definition) is 1. The van der Waals surface area contributed by atoms with E-state index in [-0.39, 0.29) is 10.3 Å². The van der Waals surface area contributed by atoms with Crippen LogP contribution in [0.5, 0.6) is 0 Å². The first-order chi connectivity index (χ1) is 10.5. The average molecular weight is 360 g/mol. The van der Waals surface area contributed by atoms with Crippen LogP contribution in [0, 0.1) is 0 Å². The first-order valence-electron chi connectivity index (χ1n) is 6.39. The minimum Gasteiger partial charge on any atom is -0.468 e. The summed E-state index contributed by atoms with van der Waals surface area (Å²) in [6, 6.07) is 9.73. The molecule has 1 unspecified atom stereocenters. The second-order valence-corrected chi connectivity index (χ2v) is 5.66. The van der Waals surface area contributed by atoms with E-state index in [2.05, 4.69) is 10.3 Å². The summed E-state index contributed by atoms with van der Waals surface area (Å²) in [6.45, 7) is 0.354. The number of hydrogen-bond acceptors (Lipinski definition) is 4. The summed E-state index contributed by atoms with van der Waals surface area (Å²) in [5.74, 6) is -0.431. The summed E-state index contributed by atoms with van der Waals surface area (Å²) < 4.78 is 4.83. The normalized spacial score (nSPS) is 12.0. The van der Waals surface area contributed by atoms with Crippen molar-refractivity contribution in [1.29, 1.82) is 0 Å². The predicted molar refractivity (Wildman–Crippen MR) is 87.3 cm³/mol. The van der Waals surface area contributed by atoms with E-state index in [1.165, 1.54) is 7.11 Å². The number of methoxy groups -OCH3 is 1. The lowest BCUT2D eigenvalue weighted by Crippen LogP contribution is -2.29. The zero-order chi connectivity index (χ0) is 16.1. The Morgan fingerprint density at radius 3 is 2.45 bits per heavy atom. The van der Waals surface area contributed by atoms with E-state index in [1.54, 1.807) is 36.4 Å². The topological polar surface area (TPSA) is 51.2 Å². The van der Waals surface area contributed by atoms with Crippen LogP contribution in [-0.2, 0) is 16.1 Å². The Morgan fingerprint density at radius 1 is 1.23 bits per heavy atom. The molecule has 1 heterocycles. The molecule has 2 rings (SSSR count). The Balaban J connectivity index is 2.21. The lowest BCUT2D eigenvalue weighted by atomic mass is 10.1. The van der Waals surface area contributed by atoms with E-state index in [4.69, 9.17) is 39.5 Å². The first kappa shape index (κ1) is 17.0. The average Bonchev–Trinajstić information content (AvgIpc) is 2.47. The minimum atomic E-state index is -0.690. The Bertz CT molecular complexity index is 659. The molecule has 1 atom stereocenters. The number of aromatic nitrogens is 1. The molecule has 0 aliphatic heterocycles. The maximum atomic E-state index is 12.0. The fourth-order valence-corrected chi connectivity index (χ4v) is 2.73. The van der Waals surface area contributed by atoms with E-state index in [1.807, 2.05) is 0 Å². The summed E-state index contributed by atoms with van der Waals surface area (Å²) in [5.41, 5.74) is 1.44. The zero-order valence-corrected chi connectivity index (χ0v) is 13.9. The van der Waals surface area contributed by atoms with Crippen LogP contribution in [-0.4, -0.2) is 18.1 Å². The number of carbonyl (C=O) groups excluding carboxylic acids is 1. The summed E-state index contributed by atoms with van der Waals surface area (Å²) in [4.78, 5) is 15.9. The van der Waals surface area contributed by atoms with Gasteiger partial charge in [-0.05, 0) is 29.3 Å². The van der Waals surface area contributed by atoms with Crippen molar-refractivity contribution in [3.05, 3.63) is 62.9 Å². The van der Waals surface area contributed by atoms with Gasteiger partial charge in [-0.2, -0.15) is 0 Å². The van der Waals surface area contributed by atoms with Gasteiger partial charge in [-0.25, -0.2) is 9.78 Å². The third-order valence-corrected chi connectivity index (χ3v) is 3.72. The summed E-state index contributed by atoms with van der Waals surface area (Å²) in [5, 5.41) is 4.15. The van der Waals surface area contributed by atoms with Crippen molar-refractivity contribution in [1.82, 2.24) is 10.3 Å². The van der Waals surface area contributed by atoms with Gasteiger partial charge in [-0.1, -0.05) is 53.0 Å². The number of rotatable bonds is 5. The van der Waals surface area contributed by atoms with Crippen molar-refractivity contribution in [2.24, 2.45) is 0 Å². The molecular formula is C15H13Cl3N2O2. The Kier molecular flexibility index (Phi) is 6.03. The molecule has 0 aliphatic rings. The van der Waals surface area contributed by atoms with Crippen LogP contribution in [0.15, 0.2) is 36.4 Å². The maximum Gasteiger partial charge on any atom is 0.327 e. The molecule has 0 radical (unpaired) electrons. The summed E-state index contributed by atoms with van der Waals surface area (Å²) in [6.07, 6.45) is 0. The molecule has 0 amide bonds. The van der Waals surface area contributed by atoms with Crippen molar-refractivity contribution in [2.75, 3.05) is 7.11 Å². The monoisotopic (exact) mass is 358 g/mol. The first-order valence-corrected chi connectivity index (χ1v) is 7.52. The molecule has 0 bridgehead atoms. The highest BCUT2D eigenvalue weighted by Crippen LogP contribution is 2.24. The summed E-state index contributed by atoms with van der Waals surface area (Å²) >= 11 is 17.9. The number of esters is 1. The zero-order valence-electron chi connectivity index (χ0n) is 11.6. The van der Waals surface area contributed by atoms with Gasteiger partial charge in [0.25, 0.3) is 0 Å². The van der Waals surface area contributed by atoms with E-state index in [0.29, 0.717) is 17.1 Å². The molecule has 1 aromatic carbocycles. The van der Waals surface area contributed by atoms with Gasteiger partial charge in [0, 0.05) is 11.6 Å². The van der Waals surface area contributed by atoms with Gasteiger partial charge in [0.15, 0.2) is 0 Å². The van der Waals surface area contributed by atoms with E-state index in [0.717, 1.165) is 5.56 Å². The van der Waals surface area contributed by atoms with Crippen LogP contribution < -0.4 is 5.32 Å². The number of ether oxygens (including phenoxy) is 1. The number of nitrogens with one attached hydrogen (secondary N) is 1. The van der Waals surface area contributed by atoms with Crippen molar-refractivity contribution < 1.29 is 9.53 Å². The van der Waals surface area contributed by atoms with Gasteiger partial charge in [0.05, 0.1) is 7.11 Å².